The van der Waals surface area contributed by atoms with Crippen LogP contribution in [0.2, 0.25) is 0 Å². The van der Waals surface area contributed by atoms with E-state index in [1.54, 1.807) is 0 Å². The summed E-state index contributed by atoms with van der Waals surface area (Å²) in [5.74, 6) is 13.0. The molecule has 5 rings (SSSR count). The fourth-order valence-corrected chi connectivity index (χ4v) is 5.24. The first-order valence-electron chi connectivity index (χ1n) is 14.1. The van der Waals surface area contributed by atoms with Crippen LogP contribution in [-0.2, 0) is 11.0 Å². The lowest BCUT2D eigenvalue weighted by atomic mass is 9.90. The summed E-state index contributed by atoms with van der Waals surface area (Å²) in [7, 11) is 3.95. The van der Waals surface area contributed by atoms with Gasteiger partial charge in [0.25, 0.3) is 0 Å². The molecule has 5 aromatic carbocycles. The maximum absolute atomic E-state index is 13.4. The molecule has 0 spiro atoms. The third-order valence-electron chi connectivity index (χ3n) is 6.95. The minimum absolute atomic E-state index is 0.00313. The highest BCUT2D eigenvalue weighted by Gasteiger charge is 2.30. The first kappa shape index (κ1) is 31.3. The molecule has 0 aliphatic rings. The molecule has 0 heterocycles. The van der Waals surface area contributed by atoms with Crippen LogP contribution in [0.25, 0.3) is 22.3 Å². The van der Waals surface area contributed by atoms with E-state index in [1.165, 1.54) is 19.1 Å². The molecule has 0 unspecified atom stereocenters. The molecule has 0 amide bonds. The largest absolute Gasteiger partial charge is 0.416 e. The second-order valence-corrected chi connectivity index (χ2v) is 11.7. The predicted octanol–water partition coefficient (Wildman–Crippen LogP) is 9.54. The molecule has 0 aromatic heterocycles. The number of carbonyl (C=O) groups is 1. The van der Waals surface area contributed by atoms with E-state index in [9.17, 15) is 18.0 Å². The molecule has 6 heteroatoms. The first-order chi connectivity index (χ1) is 21.6. The number of anilines is 1. The number of hydrogen-bond donors (Lipinski definition) is 0. The van der Waals surface area contributed by atoms with Gasteiger partial charge in [0.2, 0.25) is 0 Å². The second-order valence-electron chi connectivity index (χ2n) is 10.4. The standard InChI is InChI=1S/C39H28F3NOS/c1-27(44)45-36-23-11-29(12-24-36)10-14-33-26-38(31-17-21-35(22-18-31)43(2)3)32(13-9-28-7-5-4-6-8-28)25-37(33)30-15-19-34(20-16-30)39(40,41)42/h4-8,11-12,15-26H,1-3H3. The highest BCUT2D eigenvalue weighted by Crippen LogP contribution is 2.35. The zero-order chi connectivity index (χ0) is 32.0. The summed E-state index contributed by atoms with van der Waals surface area (Å²) in [5.41, 5.74) is 6.35. The average Bonchev–Trinajstić information content (AvgIpc) is 3.03. The molecule has 5 aromatic rings. The van der Waals surface area contributed by atoms with Crippen LogP contribution in [0.3, 0.4) is 0 Å². The molecule has 0 bridgehead atoms. The molecular formula is C39H28F3NOS. The van der Waals surface area contributed by atoms with Crippen LogP contribution in [0.15, 0.2) is 120 Å². The molecular weight excluding hydrogens is 587 g/mol. The van der Waals surface area contributed by atoms with Crippen LogP contribution in [0.1, 0.15) is 34.7 Å². The van der Waals surface area contributed by atoms with Crippen molar-refractivity contribution in [3.05, 3.63) is 143 Å². The molecule has 0 radical (unpaired) electrons. The number of rotatable bonds is 4. The van der Waals surface area contributed by atoms with Crippen LogP contribution < -0.4 is 4.90 Å². The lowest BCUT2D eigenvalue weighted by Gasteiger charge is -2.15. The van der Waals surface area contributed by atoms with E-state index in [4.69, 9.17) is 0 Å². The summed E-state index contributed by atoms with van der Waals surface area (Å²) >= 11 is 1.15. The van der Waals surface area contributed by atoms with Crippen molar-refractivity contribution in [2.24, 2.45) is 0 Å². The predicted molar refractivity (Wildman–Crippen MR) is 178 cm³/mol. The number of thioether (sulfide) groups is 1. The third-order valence-corrected chi connectivity index (χ3v) is 7.74. The summed E-state index contributed by atoms with van der Waals surface area (Å²) < 4.78 is 40.2. The van der Waals surface area contributed by atoms with Crippen molar-refractivity contribution in [1.82, 2.24) is 0 Å². The molecule has 0 saturated carbocycles. The molecule has 0 saturated heterocycles. The Hall–Kier alpha value is -5.17. The fourth-order valence-electron chi connectivity index (χ4n) is 4.63. The van der Waals surface area contributed by atoms with E-state index in [1.807, 2.05) is 110 Å². The van der Waals surface area contributed by atoms with E-state index in [0.29, 0.717) is 16.7 Å². The Kier molecular flexibility index (Phi) is 9.48. The molecule has 0 aliphatic carbocycles. The van der Waals surface area contributed by atoms with Crippen LogP contribution in [0.5, 0.6) is 0 Å². The van der Waals surface area contributed by atoms with Crippen LogP contribution in [-0.4, -0.2) is 19.2 Å². The van der Waals surface area contributed by atoms with Crippen molar-refractivity contribution >= 4 is 22.6 Å². The Morgan fingerprint density at radius 3 is 1.60 bits per heavy atom. The number of carbonyl (C=O) groups excluding carboxylic acids is 1. The summed E-state index contributed by atoms with van der Waals surface area (Å²) in [4.78, 5) is 14.3. The lowest BCUT2D eigenvalue weighted by Crippen LogP contribution is -2.07. The van der Waals surface area contributed by atoms with Crippen molar-refractivity contribution < 1.29 is 18.0 Å². The molecule has 222 valence electrons. The van der Waals surface area contributed by atoms with Gasteiger partial charge in [0.15, 0.2) is 5.12 Å². The SMILES string of the molecule is CC(=O)Sc1ccc(C#Cc2cc(-c3ccc(N(C)C)cc3)c(C#Cc3ccccc3)cc2-c2ccc(C(F)(F)F)cc2)cc1. The van der Waals surface area contributed by atoms with Gasteiger partial charge in [0, 0.05) is 53.9 Å². The van der Waals surface area contributed by atoms with Gasteiger partial charge in [-0.15, -0.1) is 0 Å². The molecule has 2 nitrogen and oxygen atoms in total. The van der Waals surface area contributed by atoms with Crippen LogP contribution in [0, 0.1) is 23.7 Å². The highest BCUT2D eigenvalue weighted by molar-refractivity contribution is 8.13. The van der Waals surface area contributed by atoms with Crippen molar-refractivity contribution in [1.29, 1.82) is 0 Å². The Labute approximate surface area is 265 Å². The smallest absolute Gasteiger partial charge is 0.378 e. The van der Waals surface area contributed by atoms with Crippen molar-refractivity contribution in [3.63, 3.8) is 0 Å². The Bertz CT molecular complexity index is 1940. The maximum Gasteiger partial charge on any atom is 0.416 e. The van der Waals surface area contributed by atoms with Crippen molar-refractivity contribution in [2.45, 2.75) is 18.0 Å². The average molecular weight is 616 g/mol. The minimum Gasteiger partial charge on any atom is -0.378 e. The van der Waals surface area contributed by atoms with E-state index in [-0.39, 0.29) is 5.12 Å². The monoisotopic (exact) mass is 615 g/mol. The Balaban J connectivity index is 1.69. The molecule has 0 aliphatic heterocycles. The van der Waals surface area contributed by atoms with Crippen LogP contribution >= 0.6 is 11.8 Å². The van der Waals surface area contributed by atoms with E-state index in [0.717, 1.165) is 62.3 Å². The Morgan fingerprint density at radius 1 is 0.644 bits per heavy atom. The van der Waals surface area contributed by atoms with Crippen molar-refractivity contribution in [2.75, 3.05) is 19.0 Å². The Morgan fingerprint density at radius 2 is 1.13 bits per heavy atom. The van der Waals surface area contributed by atoms with Crippen LogP contribution in [0.4, 0.5) is 18.9 Å². The van der Waals surface area contributed by atoms with Gasteiger partial charge < -0.3 is 4.90 Å². The van der Waals surface area contributed by atoms with Gasteiger partial charge in [-0.25, -0.2) is 0 Å². The normalized spacial score (nSPS) is 10.7. The zero-order valence-corrected chi connectivity index (χ0v) is 25.7. The zero-order valence-electron chi connectivity index (χ0n) is 24.9. The minimum atomic E-state index is -4.44. The molecule has 0 atom stereocenters. The molecule has 45 heavy (non-hydrogen) atoms. The van der Waals surface area contributed by atoms with E-state index < -0.39 is 11.7 Å². The fraction of sp³-hybridized carbons (Fsp3) is 0.103. The summed E-state index contributed by atoms with van der Waals surface area (Å²) in [5, 5.41) is -0.00313. The topological polar surface area (TPSA) is 20.3 Å². The number of alkyl halides is 3. The second kappa shape index (κ2) is 13.6. The number of benzene rings is 5. The van der Waals surface area contributed by atoms with Gasteiger partial charge in [-0.05, 0) is 95.1 Å². The van der Waals surface area contributed by atoms with E-state index >= 15 is 0 Å². The number of halogens is 3. The first-order valence-corrected chi connectivity index (χ1v) is 14.9. The van der Waals surface area contributed by atoms with Crippen molar-refractivity contribution in [3.8, 4) is 45.9 Å². The molecule has 0 N–H and O–H groups in total. The number of hydrogen-bond acceptors (Lipinski definition) is 3. The van der Waals surface area contributed by atoms with Gasteiger partial charge in [0.1, 0.15) is 0 Å². The van der Waals surface area contributed by atoms with Gasteiger partial charge in [-0.1, -0.05) is 77.9 Å². The number of nitrogens with zero attached hydrogens (tertiary/aromatic N) is 1. The van der Waals surface area contributed by atoms with Gasteiger partial charge in [-0.2, -0.15) is 13.2 Å². The summed E-state index contributed by atoms with van der Waals surface area (Å²) in [6.07, 6.45) is -4.44. The quantitative estimate of drug-likeness (QED) is 0.148. The third kappa shape index (κ3) is 8.06. The summed E-state index contributed by atoms with van der Waals surface area (Å²) in [6, 6.07) is 34.1. The summed E-state index contributed by atoms with van der Waals surface area (Å²) in [6.45, 7) is 1.51. The highest BCUT2D eigenvalue weighted by atomic mass is 32.2. The van der Waals surface area contributed by atoms with E-state index in [2.05, 4.69) is 23.7 Å². The maximum atomic E-state index is 13.4. The van der Waals surface area contributed by atoms with Gasteiger partial charge in [0.05, 0.1) is 5.56 Å². The molecule has 0 fully saturated rings. The van der Waals surface area contributed by atoms with Gasteiger partial charge in [-0.3, -0.25) is 4.79 Å². The lowest BCUT2D eigenvalue weighted by molar-refractivity contribution is -0.137. The van der Waals surface area contributed by atoms with Gasteiger partial charge >= 0.3 is 6.18 Å².